The van der Waals surface area contributed by atoms with Gasteiger partial charge in [0, 0.05) is 30.2 Å². The van der Waals surface area contributed by atoms with E-state index in [4.69, 9.17) is 4.98 Å². The van der Waals surface area contributed by atoms with Crippen LogP contribution in [-0.4, -0.2) is 61.9 Å². The number of aromatic nitrogens is 5. The van der Waals surface area contributed by atoms with Gasteiger partial charge in [-0.15, -0.1) is 5.10 Å². The van der Waals surface area contributed by atoms with Gasteiger partial charge in [0.15, 0.2) is 5.65 Å². The van der Waals surface area contributed by atoms with Crippen LogP contribution < -0.4 is 5.32 Å². The van der Waals surface area contributed by atoms with Crippen molar-refractivity contribution in [2.75, 3.05) is 26.2 Å². The minimum Gasteiger partial charge on any atom is -0.351 e. The van der Waals surface area contributed by atoms with Gasteiger partial charge in [-0.2, -0.15) is 0 Å². The average molecular weight is 496 g/mol. The highest BCUT2D eigenvalue weighted by molar-refractivity contribution is 5.95. The molecule has 4 heterocycles. The van der Waals surface area contributed by atoms with E-state index < -0.39 is 11.7 Å². The molecule has 0 atom stereocenters. The van der Waals surface area contributed by atoms with Gasteiger partial charge in [0.2, 0.25) is 0 Å². The smallest absolute Gasteiger partial charge is 0.254 e. The fourth-order valence-corrected chi connectivity index (χ4v) is 4.86. The molecule has 2 aromatic carbocycles. The Hall–Kier alpha value is -4.24. The van der Waals surface area contributed by atoms with E-state index in [-0.39, 0.29) is 5.56 Å². The highest BCUT2D eigenvalue weighted by Gasteiger charge is 2.16. The summed E-state index contributed by atoms with van der Waals surface area (Å²) in [6, 6.07) is 18.1. The maximum atomic E-state index is 14.9. The molecule has 1 aliphatic heterocycles. The third-order valence-corrected chi connectivity index (χ3v) is 6.82. The van der Waals surface area contributed by atoms with Crippen molar-refractivity contribution < 1.29 is 9.18 Å². The van der Waals surface area contributed by atoms with Gasteiger partial charge in [-0.05, 0) is 61.8 Å². The molecule has 0 radical (unpaired) electrons. The molecule has 6 rings (SSSR count). The first-order valence-corrected chi connectivity index (χ1v) is 12.5. The number of nitrogens with zero attached hydrogens (tertiary/aromatic N) is 6. The number of fused-ring (bicyclic) bond motifs is 2. The van der Waals surface area contributed by atoms with Gasteiger partial charge < -0.3 is 10.2 Å². The van der Waals surface area contributed by atoms with Crippen molar-refractivity contribution in [3.63, 3.8) is 0 Å². The van der Waals surface area contributed by atoms with Crippen LogP contribution in [0.5, 0.6) is 0 Å². The Bertz CT molecular complexity index is 1590. The first kappa shape index (κ1) is 23.2. The van der Waals surface area contributed by atoms with E-state index in [0.29, 0.717) is 35.5 Å². The van der Waals surface area contributed by atoms with Crippen molar-refractivity contribution in [3.8, 4) is 11.3 Å². The fourth-order valence-electron chi connectivity index (χ4n) is 4.86. The van der Waals surface area contributed by atoms with E-state index in [2.05, 4.69) is 25.5 Å². The molecule has 0 unspecified atom stereocenters. The molecule has 1 fully saturated rings. The second kappa shape index (κ2) is 10.0. The Labute approximate surface area is 213 Å². The number of para-hydroxylation sites is 1. The molecule has 37 heavy (non-hydrogen) atoms. The van der Waals surface area contributed by atoms with Crippen LogP contribution in [0.15, 0.2) is 66.9 Å². The summed E-state index contributed by atoms with van der Waals surface area (Å²) in [5.74, 6) is -0.982. The summed E-state index contributed by atoms with van der Waals surface area (Å²) in [6.45, 7) is 3.85. The summed E-state index contributed by atoms with van der Waals surface area (Å²) >= 11 is 0. The van der Waals surface area contributed by atoms with Crippen molar-refractivity contribution in [1.29, 1.82) is 0 Å². The standard InChI is InChI=1S/C28H26FN7O/c29-23-17-20(8-9-22(23)28(37)31-13-16-35-14-1-2-15-35)24-10-11-25-27(32-24)36(34-33-25)18-21-6-3-5-19-7-4-12-30-26(19)21/h3-12,17H,1-2,13-16,18H2,(H,31,37). The Morgan fingerprint density at radius 3 is 2.76 bits per heavy atom. The van der Waals surface area contributed by atoms with E-state index >= 15 is 0 Å². The van der Waals surface area contributed by atoms with Crippen LogP contribution in [0.1, 0.15) is 28.8 Å². The van der Waals surface area contributed by atoms with Crippen molar-refractivity contribution in [2.45, 2.75) is 19.4 Å². The number of hydrogen-bond acceptors (Lipinski definition) is 6. The molecule has 8 nitrogen and oxygen atoms in total. The number of benzene rings is 2. The molecule has 0 saturated carbocycles. The third kappa shape index (κ3) is 4.77. The molecule has 1 N–H and O–H groups in total. The number of likely N-dealkylation sites (tertiary alicyclic amines) is 1. The molecule has 3 aromatic heterocycles. The topological polar surface area (TPSA) is 88.8 Å². The maximum absolute atomic E-state index is 14.9. The number of hydrogen-bond donors (Lipinski definition) is 1. The number of carbonyl (C=O) groups is 1. The predicted octanol–water partition coefficient (Wildman–Crippen LogP) is 4.05. The van der Waals surface area contributed by atoms with Crippen LogP contribution in [0.4, 0.5) is 4.39 Å². The summed E-state index contributed by atoms with van der Waals surface area (Å²) in [5.41, 5.74) is 4.33. The Morgan fingerprint density at radius 1 is 1.03 bits per heavy atom. The molecular weight excluding hydrogens is 469 g/mol. The predicted molar refractivity (Wildman–Crippen MR) is 140 cm³/mol. The highest BCUT2D eigenvalue weighted by atomic mass is 19.1. The van der Waals surface area contributed by atoms with E-state index in [1.54, 1.807) is 23.0 Å². The molecule has 186 valence electrons. The van der Waals surface area contributed by atoms with Crippen LogP contribution in [0, 0.1) is 5.82 Å². The minimum atomic E-state index is -0.577. The van der Waals surface area contributed by atoms with Crippen LogP contribution >= 0.6 is 0 Å². The number of halogens is 1. The summed E-state index contributed by atoms with van der Waals surface area (Å²) < 4.78 is 16.7. The highest BCUT2D eigenvalue weighted by Crippen LogP contribution is 2.24. The monoisotopic (exact) mass is 495 g/mol. The summed E-state index contributed by atoms with van der Waals surface area (Å²) in [5, 5.41) is 12.4. The number of carbonyl (C=O) groups excluding carboxylic acids is 1. The molecule has 1 saturated heterocycles. The number of rotatable bonds is 7. The van der Waals surface area contributed by atoms with E-state index in [1.165, 1.54) is 25.0 Å². The van der Waals surface area contributed by atoms with Gasteiger partial charge in [-0.25, -0.2) is 14.1 Å². The SMILES string of the molecule is O=C(NCCN1CCCC1)c1ccc(-c2ccc3nnn(Cc4cccc5cccnc45)c3n2)cc1F. The molecular formula is C28H26FN7O. The number of pyridine rings is 2. The summed E-state index contributed by atoms with van der Waals surface area (Å²) in [7, 11) is 0. The average Bonchev–Trinajstić information content (AvgIpc) is 3.59. The number of amides is 1. The van der Waals surface area contributed by atoms with E-state index in [9.17, 15) is 9.18 Å². The van der Waals surface area contributed by atoms with E-state index in [0.717, 1.165) is 36.1 Å². The fraction of sp³-hybridized carbons (Fsp3) is 0.250. The molecule has 0 spiro atoms. The van der Waals surface area contributed by atoms with Crippen molar-refractivity contribution in [2.24, 2.45) is 0 Å². The zero-order valence-corrected chi connectivity index (χ0v) is 20.3. The lowest BCUT2D eigenvalue weighted by Crippen LogP contribution is -2.33. The van der Waals surface area contributed by atoms with Gasteiger partial charge in [0.25, 0.3) is 5.91 Å². The summed E-state index contributed by atoms with van der Waals surface area (Å²) in [4.78, 5) is 24.1. The lowest BCUT2D eigenvalue weighted by atomic mass is 10.1. The Balaban J connectivity index is 1.22. The van der Waals surface area contributed by atoms with Crippen molar-refractivity contribution >= 4 is 28.0 Å². The lowest BCUT2D eigenvalue weighted by Gasteiger charge is -2.15. The van der Waals surface area contributed by atoms with E-state index in [1.807, 2.05) is 36.4 Å². The quantitative estimate of drug-likeness (QED) is 0.366. The maximum Gasteiger partial charge on any atom is 0.254 e. The van der Waals surface area contributed by atoms with Gasteiger partial charge in [0.1, 0.15) is 11.3 Å². The van der Waals surface area contributed by atoms with Gasteiger partial charge in [-0.1, -0.05) is 35.5 Å². The molecule has 9 heteroatoms. The van der Waals surface area contributed by atoms with Gasteiger partial charge in [-0.3, -0.25) is 9.78 Å². The second-order valence-electron chi connectivity index (χ2n) is 9.28. The molecule has 0 aliphatic carbocycles. The van der Waals surface area contributed by atoms with Gasteiger partial charge >= 0.3 is 0 Å². The number of nitrogens with one attached hydrogen (secondary N) is 1. The Morgan fingerprint density at radius 2 is 1.89 bits per heavy atom. The van der Waals surface area contributed by atoms with Gasteiger partial charge in [0.05, 0.1) is 23.3 Å². The first-order chi connectivity index (χ1) is 18.2. The van der Waals surface area contributed by atoms with Crippen LogP contribution in [0.25, 0.3) is 33.3 Å². The zero-order valence-electron chi connectivity index (χ0n) is 20.3. The van der Waals surface area contributed by atoms with Crippen LogP contribution in [0.3, 0.4) is 0 Å². The van der Waals surface area contributed by atoms with Crippen LogP contribution in [0.2, 0.25) is 0 Å². The largest absolute Gasteiger partial charge is 0.351 e. The van der Waals surface area contributed by atoms with Crippen molar-refractivity contribution in [3.05, 3.63) is 83.8 Å². The molecule has 1 amide bonds. The zero-order chi connectivity index (χ0) is 25.2. The second-order valence-corrected chi connectivity index (χ2v) is 9.28. The Kier molecular flexibility index (Phi) is 6.28. The summed E-state index contributed by atoms with van der Waals surface area (Å²) in [6.07, 6.45) is 4.16. The third-order valence-electron chi connectivity index (χ3n) is 6.82. The first-order valence-electron chi connectivity index (χ1n) is 12.5. The van der Waals surface area contributed by atoms with Crippen molar-refractivity contribution in [1.82, 2.24) is 35.2 Å². The molecule has 5 aromatic rings. The lowest BCUT2D eigenvalue weighted by molar-refractivity contribution is 0.0945. The van der Waals surface area contributed by atoms with Crippen LogP contribution in [-0.2, 0) is 6.54 Å². The normalized spacial score (nSPS) is 14.0. The molecule has 1 aliphatic rings. The molecule has 0 bridgehead atoms. The minimum absolute atomic E-state index is 0.0291.